The number of piperidine rings is 1. The van der Waals surface area contributed by atoms with E-state index in [0.717, 1.165) is 25.9 Å². The minimum atomic E-state index is -3.72. The zero-order valence-electron chi connectivity index (χ0n) is 15.9. The van der Waals surface area contributed by atoms with Crippen molar-refractivity contribution in [2.45, 2.75) is 37.1 Å². The predicted octanol–water partition coefficient (Wildman–Crippen LogP) is 2.01. The Morgan fingerprint density at radius 2 is 1.89 bits per heavy atom. The van der Waals surface area contributed by atoms with Gasteiger partial charge in [0.2, 0.25) is 15.9 Å². The first-order valence-corrected chi connectivity index (χ1v) is 11.8. The molecule has 1 atom stereocenters. The molecule has 0 aliphatic carbocycles. The van der Waals surface area contributed by atoms with E-state index in [1.165, 1.54) is 12.1 Å². The lowest BCUT2D eigenvalue weighted by atomic mass is 9.81. The van der Waals surface area contributed by atoms with Crippen LogP contribution < -0.4 is 15.4 Å². The van der Waals surface area contributed by atoms with Crippen molar-refractivity contribution in [3.05, 3.63) is 30.3 Å². The lowest BCUT2D eigenvalue weighted by Crippen LogP contribution is -2.50. The van der Waals surface area contributed by atoms with E-state index in [1.54, 1.807) is 30.0 Å². The molecule has 1 aliphatic heterocycles. The van der Waals surface area contributed by atoms with Crippen molar-refractivity contribution in [1.29, 1.82) is 0 Å². The number of benzene rings is 1. The van der Waals surface area contributed by atoms with E-state index in [0.29, 0.717) is 18.7 Å². The Labute approximate surface area is 173 Å². The molecule has 0 radical (unpaired) electrons. The fourth-order valence-electron chi connectivity index (χ4n) is 2.97. The van der Waals surface area contributed by atoms with Crippen molar-refractivity contribution in [3.8, 4) is 0 Å². The molecule has 0 saturated carbocycles. The molecule has 6 nitrogen and oxygen atoms in total. The van der Waals surface area contributed by atoms with Gasteiger partial charge in [-0.25, -0.2) is 8.42 Å². The van der Waals surface area contributed by atoms with E-state index in [9.17, 15) is 13.2 Å². The van der Waals surface area contributed by atoms with Crippen molar-refractivity contribution in [2.75, 3.05) is 31.6 Å². The fraction of sp³-hybridized carbons (Fsp3) is 0.611. The zero-order valence-corrected chi connectivity index (χ0v) is 18.3. The Morgan fingerprint density at radius 3 is 2.48 bits per heavy atom. The Kier molecular flexibility index (Phi) is 10.1. The highest BCUT2D eigenvalue weighted by molar-refractivity contribution is 7.98. The van der Waals surface area contributed by atoms with Crippen LogP contribution in [0.2, 0.25) is 0 Å². The molecule has 1 aromatic carbocycles. The first-order chi connectivity index (χ1) is 12.4. The van der Waals surface area contributed by atoms with Crippen molar-refractivity contribution in [1.82, 2.24) is 15.4 Å². The Hall–Kier alpha value is -0.800. The monoisotopic (exact) mass is 435 g/mol. The Balaban J connectivity index is 0.00000364. The van der Waals surface area contributed by atoms with Crippen LogP contribution in [0.25, 0.3) is 0 Å². The van der Waals surface area contributed by atoms with Gasteiger partial charge >= 0.3 is 0 Å². The summed E-state index contributed by atoms with van der Waals surface area (Å²) in [6, 6.07) is 7.39. The highest BCUT2D eigenvalue weighted by Crippen LogP contribution is 2.26. The molecule has 1 aliphatic rings. The third kappa shape index (κ3) is 7.62. The number of halogens is 1. The van der Waals surface area contributed by atoms with Gasteiger partial charge in [0.1, 0.15) is 6.04 Å². The summed E-state index contributed by atoms with van der Waals surface area (Å²) in [5.74, 6) is 0.453. The van der Waals surface area contributed by atoms with Crippen LogP contribution in [0.4, 0.5) is 0 Å². The fourth-order valence-corrected chi connectivity index (χ4v) is 4.69. The molecular formula is C18H30ClN3O3S2. The summed E-state index contributed by atoms with van der Waals surface area (Å²) in [5, 5.41) is 6.29. The van der Waals surface area contributed by atoms with Gasteiger partial charge in [-0.1, -0.05) is 25.1 Å². The van der Waals surface area contributed by atoms with E-state index in [1.807, 2.05) is 6.26 Å². The maximum atomic E-state index is 12.7. The van der Waals surface area contributed by atoms with E-state index in [2.05, 4.69) is 22.3 Å². The van der Waals surface area contributed by atoms with Gasteiger partial charge in [-0.05, 0) is 61.9 Å². The Morgan fingerprint density at radius 1 is 1.26 bits per heavy atom. The summed E-state index contributed by atoms with van der Waals surface area (Å²) >= 11 is 1.59. The normalized spacial score (nSPS) is 17.6. The molecule has 0 bridgehead atoms. The smallest absolute Gasteiger partial charge is 0.241 e. The number of thioether (sulfide) groups is 1. The summed E-state index contributed by atoms with van der Waals surface area (Å²) in [4.78, 5) is 12.9. The number of carbonyl (C=O) groups excluding carboxylic acids is 1. The van der Waals surface area contributed by atoms with Crippen LogP contribution in [0.5, 0.6) is 0 Å². The van der Waals surface area contributed by atoms with E-state index in [4.69, 9.17) is 0 Å². The summed E-state index contributed by atoms with van der Waals surface area (Å²) in [5.41, 5.74) is 0.0588. The molecule has 154 valence electrons. The van der Waals surface area contributed by atoms with Crippen LogP contribution in [0.15, 0.2) is 35.2 Å². The average molecular weight is 436 g/mol. The van der Waals surface area contributed by atoms with Crippen molar-refractivity contribution in [3.63, 3.8) is 0 Å². The first-order valence-electron chi connectivity index (χ1n) is 8.91. The molecule has 9 heteroatoms. The largest absolute Gasteiger partial charge is 0.354 e. The van der Waals surface area contributed by atoms with Gasteiger partial charge in [0.05, 0.1) is 4.90 Å². The van der Waals surface area contributed by atoms with E-state index < -0.39 is 16.1 Å². The standard InChI is InChI=1S/C18H29N3O3S2.ClH/c1-18(9-11-19-12-10-18)14-20-17(22)16(8-13-25-2)21-26(23,24)15-6-4-3-5-7-15;/h3-7,16,19,21H,8-14H2,1-2H3,(H,20,22);1H. The van der Waals surface area contributed by atoms with Gasteiger partial charge < -0.3 is 10.6 Å². The van der Waals surface area contributed by atoms with Crippen molar-refractivity contribution in [2.24, 2.45) is 5.41 Å². The number of hydrogen-bond acceptors (Lipinski definition) is 5. The maximum Gasteiger partial charge on any atom is 0.241 e. The summed E-state index contributed by atoms with van der Waals surface area (Å²) in [6.07, 6.45) is 4.39. The van der Waals surface area contributed by atoms with E-state index in [-0.39, 0.29) is 28.6 Å². The van der Waals surface area contributed by atoms with Gasteiger partial charge in [-0.15, -0.1) is 12.4 Å². The third-order valence-electron chi connectivity index (χ3n) is 4.78. The third-order valence-corrected chi connectivity index (χ3v) is 6.91. The van der Waals surface area contributed by atoms with Gasteiger partial charge in [0.15, 0.2) is 0 Å². The quantitative estimate of drug-likeness (QED) is 0.552. The van der Waals surface area contributed by atoms with E-state index >= 15 is 0 Å². The summed E-state index contributed by atoms with van der Waals surface area (Å²) < 4.78 is 27.7. The highest BCUT2D eigenvalue weighted by Gasteiger charge is 2.30. The molecule has 3 N–H and O–H groups in total. The lowest BCUT2D eigenvalue weighted by molar-refractivity contribution is -0.123. The van der Waals surface area contributed by atoms with Crippen molar-refractivity contribution < 1.29 is 13.2 Å². The topological polar surface area (TPSA) is 87.3 Å². The van der Waals surface area contributed by atoms with Crippen LogP contribution in [0.3, 0.4) is 0 Å². The van der Waals surface area contributed by atoms with Gasteiger partial charge in [-0.3, -0.25) is 4.79 Å². The number of nitrogens with one attached hydrogen (secondary N) is 3. The molecule has 1 unspecified atom stereocenters. The van der Waals surface area contributed by atoms with Gasteiger partial charge in [0, 0.05) is 6.54 Å². The molecule has 27 heavy (non-hydrogen) atoms. The minimum absolute atomic E-state index is 0. The number of carbonyl (C=O) groups is 1. The second-order valence-corrected chi connectivity index (χ2v) is 9.75. The second-order valence-electron chi connectivity index (χ2n) is 7.05. The van der Waals surface area contributed by atoms with Gasteiger partial charge in [-0.2, -0.15) is 16.5 Å². The molecule has 1 heterocycles. The second kappa shape index (κ2) is 11.3. The summed E-state index contributed by atoms with van der Waals surface area (Å²) in [7, 11) is -3.72. The lowest BCUT2D eigenvalue weighted by Gasteiger charge is -2.34. The van der Waals surface area contributed by atoms with Crippen LogP contribution in [-0.2, 0) is 14.8 Å². The summed E-state index contributed by atoms with van der Waals surface area (Å²) in [6.45, 7) is 4.63. The molecule has 1 aromatic rings. The van der Waals surface area contributed by atoms with Crippen LogP contribution in [-0.4, -0.2) is 52.0 Å². The SMILES string of the molecule is CSCCC(NS(=O)(=O)c1ccccc1)C(=O)NCC1(C)CCNCC1.Cl. The average Bonchev–Trinajstić information content (AvgIpc) is 2.64. The van der Waals surface area contributed by atoms with Gasteiger partial charge in [0.25, 0.3) is 0 Å². The van der Waals surface area contributed by atoms with Crippen LogP contribution >= 0.6 is 24.2 Å². The zero-order chi connectivity index (χ0) is 19.0. The van der Waals surface area contributed by atoms with Crippen LogP contribution in [0.1, 0.15) is 26.2 Å². The predicted molar refractivity (Wildman–Crippen MR) is 114 cm³/mol. The Bertz CT molecular complexity index is 680. The first kappa shape index (κ1) is 24.2. The van der Waals surface area contributed by atoms with Crippen molar-refractivity contribution >= 4 is 40.1 Å². The highest BCUT2D eigenvalue weighted by atomic mass is 35.5. The van der Waals surface area contributed by atoms with Crippen LogP contribution in [0, 0.1) is 5.41 Å². The molecule has 1 fully saturated rings. The number of hydrogen-bond donors (Lipinski definition) is 3. The molecule has 0 spiro atoms. The molecule has 1 saturated heterocycles. The minimum Gasteiger partial charge on any atom is -0.354 e. The number of rotatable bonds is 9. The number of amides is 1. The molecule has 1 amide bonds. The molecule has 2 rings (SSSR count). The molecule has 0 aromatic heterocycles. The number of sulfonamides is 1. The molecular weight excluding hydrogens is 406 g/mol. The maximum absolute atomic E-state index is 12.7.